The number of aryl methyl sites for hydroxylation is 1. The third-order valence-electron chi connectivity index (χ3n) is 5.23. The van der Waals surface area contributed by atoms with E-state index < -0.39 is 0 Å². The molecule has 2 aromatic carbocycles. The second kappa shape index (κ2) is 9.63. The van der Waals surface area contributed by atoms with Gasteiger partial charge in [0.05, 0.1) is 6.61 Å². The molecule has 0 bridgehead atoms. The summed E-state index contributed by atoms with van der Waals surface area (Å²) < 4.78 is 8.43. The van der Waals surface area contributed by atoms with E-state index in [1.165, 1.54) is 31.8 Å². The van der Waals surface area contributed by atoms with E-state index in [4.69, 9.17) is 4.74 Å². The third kappa shape index (κ3) is 4.85. The minimum absolute atomic E-state index is 0.736. The Morgan fingerprint density at radius 3 is 2.53 bits per heavy atom. The molecule has 0 radical (unpaired) electrons. The number of benzene rings is 2. The van der Waals surface area contributed by atoms with Crippen LogP contribution >= 0.6 is 27.3 Å². The molecule has 0 N–H and O–H groups in total. The Kier molecular flexibility index (Phi) is 6.70. The van der Waals surface area contributed by atoms with E-state index in [1.807, 2.05) is 35.9 Å². The Morgan fingerprint density at radius 2 is 1.77 bits per heavy atom. The number of hydrogen-bond donors (Lipinski definition) is 0. The first-order valence-electron chi connectivity index (χ1n) is 10.1. The summed E-state index contributed by atoms with van der Waals surface area (Å²) in [5, 5.41) is 1.30. The number of anilines is 1. The number of nitrogens with zero attached hydrogens (tertiary/aromatic N) is 2. The zero-order valence-corrected chi connectivity index (χ0v) is 19.7. The number of fused-ring (bicyclic) bond motifs is 1. The largest absolute Gasteiger partial charge is 0.494 e. The molecule has 30 heavy (non-hydrogen) atoms. The predicted octanol–water partition coefficient (Wildman–Crippen LogP) is 7.33. The van der Waals surface area contributed by atoms with Gasteiger partial charge in [0.1, 0.15) is 5.75 Å². The summed E-state index contributed by atoms with van der Waals surface area (Å²) in [4.78, 5) is 7.66. The van der Waals surface area contributed by atoms with Gasteiger partial charge in [-0.25, -0.2) is 0 Å². The number of thiophene rings is 1. The molecule has 0 unspecified atom stereocenters. The average Bonchev–Trinajstić information content (AvgIpc) is 3.09. The van der Waals surface area contributed by atoms with Crippen LogP contribution in [-0.2, 0) is 0 Å². The van der Waals surface area contributed by atoms with Crippen molar-refractivity contribution >= 4 is 43.0 Å². The first-order chi connectivity index (χ1) is 14.6. The smallest absolute Gasteiger partial charge is 0.120 e. The molecule has 154 valence electrons. The Labute approximate surface area is 190 Å². The molecule has 0 aliphatic carbocycles. The molecule has 0 aliphatic heterocycles. The molecule has 0 atom stereocenters. The minimum Gasteiger partial charge on any atom is -0.494 e. The van der Waals surface area contributed by atoms with Crippen molar-refractivity contribution in [2.45, 2.75) is 19.8 Å². The number of pyridine rings is 1. The van der Waals surface area contributed by atoms with Crippen LogP contribution in [0.3, 0.4) is 0 Å². The summed E-state index contributed by atoms with van der Waals surface area (Å²) >= 11 is 5.36. The fourth-order valence-corrected chi connectivity index (χ4v) is 5.01. The lowest BCUT2D eigenvalue weighted by atomic mass is 10.0. The van der Waals surface area contributed by atoms with E-state index in [2.05, 4.69) is 82.2 Å². The fourth-order valence-electron chi connectivity index (χ4n) is 3.63. The van der Waals surface area contributed by atoms with Crippen LogP contribution in [0.5, 0.6) is 5.75 Å². The summed E-state index contributed by atoms with van der Waals surface area (Å²) in [6.45, 7) is 3.94. The number of halogens is 1. The maximum atomic E-state index is 6.04. The molecule has 0 saturated heterocycles. The van der Waals surface area contributed by atoms with Gasteiger partial charge >= 0.3 is 0 Å². The lowest BCUT2D eigenvalue weighted by molar-refractivity contribution is 0.308. The van der Waals surface area contributed by atoms with E-state index in [9.17, 15) is 0 Å². The maximum absolute atomic E-state index is 6.04. The van der Waals surface area contributed by atoms with Crippen molar-refractivity contribution in [3.05, 3.63) is 76.3 Å². The molecular formula is C25H25BrN2OS. The molecular weight excluding hydrogens is 456 g/mol. The van der Waals surface area contributed by atoms with Crippen LogP contribution in [0.25, 0.3) is 21.2 Å². The van der Waals surface area contributed by atoms with Crippen LogP contribution in [0.4, 0.5) is 5.69 Å². The molecule has 2 heterocycles. The van der Waals surface area contributed by atoms with Crippen molar-refractivity contribution in [1.29, 1.82) is 0 Å². The van der Waals surface area contributed by atoms with Gasteiger partial charge in [0.25, 0.3) is 0 Å². The zero-order chi connectivity index (χ0) is 20.9. The van der Waals surface area contributed by atoms with Gasteiger partial charge in [-0.3, -0.25) is 4.98 Å². The van der Waals surface area contributed by atoms with Crippen molar-refractivity contribution in [2.24, 2.45) is 0 Å². The first kappa shape index (κ1) is 20.9. The van der Waals surface area contributed by atoms with Crippen molar-refractivity contribution in [2.75, 3.05) is 25.1 Å². The highest BCUT2D eigenvalue weighted by Crippen LogP contribution is 2.40. The van der Waals surface area contributed by atoms with Gasteiger partial charge in [0.15, 0.2) is 0 Å². The number of hydrogen-bond acceptors (Lipinski definition) is 4. The predicted molar refractivity (Wildman–Crippen MR) is 132 cm³/mol. The van der Waals surface area contributed by atoms with Crippen LogP contribution in [0.1, 0.15) is 17.7 Å². The van der Waals surface area contributed by atoms with Gasteiger partial charge in [-0.15, -0.1) is 11.3 Å². The molecule has 0 aliphatic rings. The van der Waals surface area contributed by atoms with Crippen LogP contribution in [-0.4, -0.2) is 25.2 Å². The summed E-state index contributed by atoms with van der Waals surface area (Å²) in [5.41, 5.74) is 3.79. The summed E-state index contributed by atoms with van der Waals surface area (Å²) in [6, 6.07) is 19.1. The molecule has 0 amide bonds. The third-order valence-corrected chi connectivity index (χ3v) is 6.83. The standard InChI is InChI=1S/C25H25BrN2OS/c1-18-25(19-5-7-20(26)8-6-19)23-10-9-22(17-24(23)30-18)29-16-4-3-15-28(2)21-11-13-27-14-12-21/h5-14,17H,3-4,15-16H2,1-2H3. The topological polar surface area (TPSA) is 25.4 Å². The molecule has 0 fully saturated rings. The summed E-state index contributed by atoms with van der Waals surface area (Å²) in [6.07, 6.45) is 5.78. The highest BCUT2D eigenvalue weighted by Gasteiger charge is 2.12. The Hall–Kier alpha value is -2.37. The van der Waals surface area contributed by atoms with Crippen molar-refractivity contribution < 1.29 is 4.74 Å². The molecule has 0 spiro atoms. The van der Waals surface area contributed by atoms with Crippen molar-refractivity contribution in [1.82, 2.24) is 4.98 Å². The first-order valence-corrected chi connectivity index (χ1v) is 11.8. The van der Waals surface area contributed by atoms with E-state index in [0.29, 0.717) is 0 Å². The van der Waals surface area contributed by atoms with E-state index in [-0.39, 0.29) is 0 Å². The molecule has 4 rings (SSSR count). The highest BCUT2D eigenvalue weighted by molar-refractivity contribution is 9.10. The second-order valence-corrected chi connectivity index (χ2v) is 9.55. The molecule has 5 heteroatoms. The average molecular weight is 481 g/mol. The molecule has 3 nitrogen and oxygen atoms in total. The van der Waals surface area contributed by atoms with Crippen molar-refractivity contribution in [3.8, 4) is 16.9 Å². The van der Waals surface area contributed by atoms with E-state index in [0.717, 1.165) is 36.2 Å². The lowest BCUT2D eigenvalue weighted by Gasteiger charge is -2.18. The van der Waals surface area contributed by atoms with Gasteiger partial charge < -0.3 is 9.64 Å². The Morgan fingerprint density at radius 1 is 1.00 bits per heavy atom. The fraction of sp³-hybridized carbons (Fsp3) is 0.240. The highest BCUT2D eigenvalue weighted by atomic mass is 79.9. The minimum atomic E-state index is 0.736. The number of ether oxygens (including phenoxy) is 1. The van der Waals surface area contributed by atoms with Crippen LogP contribution in [0.15, 0.2) is 71.5 Å². The van der Waals surface area contributed by atoms with E-state index >= 15 is 0 Å². The van der Waals surface area contributed by atoms with Crippen LogP contribution in [0.2, 0.25) is 0 Å². The second-order valence-electron chi connectivity index (χ2n) is 7.38. The normalized spacial score (nSPS) is 11.0. The monoisotopic (exact) mass is 480 g/mol. The van der Waals surface area contributed by atoms with Gasteiger partial charge in [0.2, 0.25) is 0 Å². The SMILES string of the molecule is Cc1sc2cc(OCCCCN(C)c3ccncc3)ccc2c1-c1ccc(Br)cc1. The zero-order valence-electron chi connectivity index (χ0n) is 17.3. The van der Waals surface area contributed by atoms with Crippen molar-refractivity contribution in [3.63, 3.8) is 0 Å². The Bertz CT molecular complexity index is 1110. The van der Waals surface area contributed by atoms with Gasteiger partial charge in [0, 0.05) is 56.7 Å². The van der Waals surface area contributed by atoms with Crippen LogP contribution < -0.4 is 9.64 Å². The summed E-state index contributed by atoms with van der Waals surface area (Å²) in [7, 11) is 2.12. The lowest BCUT2D eigenvalue weighted by Crippen LogP contribution is -2.18. The molecule has 4 aromatic rings. The van der Waals surface area contributed by atoms with E-state index in [1.54, 1.807) is 0 Å². The number of unbranched alkanes of at least 4 members (excludes halogenated alkanes) is 1. The van der Waals surface area contributed by atoms with Gasteiger partial charge in [-0.05, 0) is 67.8 Å². The number of aromatic nitrogens is 1. The Balaban J connectivity index is 1.35. The van der Waals surface area contributed by atoms with Gasteiger partial charge in [-0.1, -0.05) is 28.1 Å². The molecule has 2 aromatic heterocycles. The number of rotatable bonds is 8. The molecule has 0 saturated carbocycles. The van der Waals surface area contributed by atoms with Gasteiger partial charge in [-0.2, -0.15) is 0 Å². The quantitative estimate of drug-likeness (QED) is 0.247. The maximum Gasteiger partial charge on any atom is 0.120 e. The summed E-state index contributed by atoms with van der Waals surface area (Å²) in [5.74, 6) is 0.952. The van der Waals surface area contributed by atoms with Crippen LogP contribution in [0, 0.1) is 6.92 Å².